The average molecular weight is 465 g/mol. The molecule has 0 bridgehead atoms. The molecule has 3 nitrogen and oxygen atoms in total. The van der Waals surface area contributed by atoms with Crippen LogP contribution in [-0.4, -0.2) is 20.8 Å². The zero-order chi connectivity index (χ0) is 23.3. The fraction of sp³-hybridized carbons (Fsp3) is 0.929. The van der Waals surface area contributed by atoms with Crippen molar-refractivity contribution in [2.24, 2.45) is 46.3 Å². The Balaban J connectivity index is 1.47. The lowest BCUT2D eigenvalue weighted by molar-refractivity contribution is -0.0556. The maximum atomic E-state index is 11.7. The van der Waals surface area contributed by atoms with Gasteiger partial charge in [0, 0.05) is 0 Å². The van der Waals surface area contributed by atoms with E-state index in [0.29, 0.717) is 5.41 Å². The number of hydrogen-bond acceptors (Lipinski definition) is 3. The second kappa shape index (κ2) is 9.02. The Hall–Kier alpha value is -0.350. The maximum Gasteiger partial charge on any atom is 0.264 e. The highest BCUT2D eigenvalue weighted by molar-refractivity contribution is 7.86. The van der Waals surface area contributed by atoms with Crippen molar-refractivity contribution in [2.75, 3.05) is 6.26 Å². The molecule has 0 amide bonds. The van der Waals surface area contributed by atoms with E-state index >= 15 is 0 Å². The fourth-order valence-corrected chi connectivity index (χ4v) is 9.64. The molecule has 0 heterocycles. The zero-order valence-electron chi connectivity index (χ0n) is 21.5. The van der Waals surface area contributed by atoms with Gasteiger partial charge in [0.15, 0.2) is 0 Å². The molecular formula is C28H48O3S. The quantitative estimate of drug-likeness (QED) is 0.292. The molecule has 32 heavy (non-hydrogen) atoms. The summed E-state index contributed by atoms with van der Waals surface area (Å²) in [6, 6.07) is 0. The third-order valence-corrected chi connectivity index (χ3v) is 11.2. The van der Waals surface area contributed by atoms with Crippen LogP contribution in [0, 0.1) is 46.3 Å². The van der Waals surface area contributed by atoms with E-state index in [1.54, 1.807) is 0 Å². The largest absolute Gasteiger partial charge is 0.267 e. The minimum Gasteiger partial charge on any atom is -0.267 e. The Morgan fingerprint density at radius 1 is 1.03 bits per heavy atom. The van der Waals surface area contributed by atoms with E-state index in [9.17, 15) is 8.42 Å². The Morgan fingerprint density at radius 3 is 2.47 bits per heavy atom. The molecule has 1 unspecified atom stereocenters. The molecule has 0 N–H and O–H groups in total. The van der Waals surface area contributed by atoms with E-state index in [-0.39, 0.29) is 11.5 Å². The molecule has 0 radical (unpaired) electrons. The predicted octanol–water partition coefficient (Wildman–Crippen LogP) is 7.37. The lowest BCUT2D eigenvalue weighted by atomic mass is 9.47. The van der Waals surface area contributed by atoms with Gasteiger partial charge in [-0.2, -0.15) is 8.42 Å². The first-order valence-electron chi connectivity index (χ1n) is 13.5. The number of rotatable bonds is 7. The van der Waals surface area contributed by atoms with Gasteiger partial charge >= 0.3 is 0 Å². The van der Waals surface area contributed by atoms with Crippen LogP contribution >= 0.6 is 0 Å². The minimum absolute atomic E-state index is 0.155. The summed E-state index contributed by atoms with van der Waals surface area (Å²) >= 11 is 0. The number of fused-ring (bicyclic) bond motifs is 5. The smallest absolute Gasteiger partial charge is 0.264 e. The molecular weight excluding hydrogens is 416 g/mol. The monoisotopic (exact) mass is 464 g/mol. The van der Waals surface area contributed by atoms with Crippen LogP contribution in [0.25, 0.3) is 0 Å². The van der Waals surface area contributed by atoms with Gasteiger partial charge in [-0.1, -0.05) is 65.5 Å². The lowest BCUT2D eigenvalue weighted by Crippen LogP contribution is -2.51. The Kier molecular flexibility index (Phi) is 6.98. The first kappa shape index (κ1) is 24.8. The van der Waals surface area contributed by atoms with Crippen LogP contribution in [-0.2, 0) is 14.3 Å². The third-order valence-electron chi connectivity index (χ3n) is 10.6. The lowest BCUT2D eigenvalue weighted by Gasteiger charge is -2.58. The van der Waals surface area contributed by atoms with Gasteiger partial charge in [-0.15, -0.1) is 0 Å². The molecule has 184 valence electrons. The second-order valence-electron chi connectivity index (χ2n) is 13.0. The van der Waals surface area contributed by atoms with Crippen molar-refractivity contribution in [1.29, 1.82) is 0 Å². The predicted molar refractivity (Wildman–Crippen MR) is 133 cm³/mol. The molecule has 8 atom stereocenters. The van der Waals surface area contributed by atoms with Crippen molar-refractivity contribution in [3.05, 3.63) is 11.6 Å². The van der Waals surface area contributed by atoms with Gasteiger partial charge in [-0.25, -0.2) is 0 Å². The molecule has 4 heteroatoms. The van der Waals surface area contributed by atoms with Crippen LogP contribution in [0.4, 0.5) is 0 Å². The van der Waals surface area contributed by atoms with Crippen LogP contribution in [0.3, 0.4) is 0 Å². The minimum atomic E-state index is -3.38. The first-order chi connectivity index (χ1) is 14.9. The molecule has 3 saturated carbocycles. The van der Waals surface area contributed by atoms with E-state index < -0.39 is 10.1 Å². The third kappa shape index (κ3) is 4.61. The van der Waals surface area contributed by atoms with Crippen molar-refractivity contribution < 1.29 is 12.6 Å². The fourth-order valence-electron chi connectivity index (χ4n) is 8.98. The summed E-state index contributed by atoms with van der Waals surface area (Å²) in [6.07, 6.45) is 17.3. The molecule has 0 aliphatic heterocycles. The maximum absolute atomic E-state index is 11.7. The van der Waals surface area contributed by atoms with Crippen molar-refractivity contribution in [2.45, 2.75) is 111 Å². The van der Waals surface area contributed by atoms with Gasteiger partial charge in [0.25, 0.3) is 10.1 Å². The standard InChI is InChI=1S/C28H48O3S/c1-19(2)8-7-9-20(3)24-12-13-25-23-11-10-21-18-22(31-32(6,29)30)14-16-27(21,4)26(23)15-17-28(24,25)5/h10,19-20,22-26H,7-9,11-18H2,1-6H3/t20?,22-,23-,24+,25-,26-,27-,28+/m0/s1. The van der Waals surface area contributed by atoms with Crippen LogP contribution in [0.1, 0.15) is 105 Å². The molecule has 0 aromatic rings. The Bertz CT molecular complexity index is 815. The molecule has 0 aromatic heterocycles. The molecule has 0 saturated heterocycles. The van der Waals surface area contributed by atoms with Gasteiger partial charge in [0.1, 0.15) is 0 Å². The molecule has 4 rings (SSSR count). The normalized spacial score (nSPS) is 42.7. The van der Waals surface area contributed by atoms with E-state index in [0.717, 1.165) is 54.8 Å². The van der Waals surface area contributed by atoms with Gasteiger partial charge in [-0.3, -0.25) is 4.18 Å². The topological polar surface area (TPSA) is 43.4 Å². The highest BCUT2D eigenvalue weighted by Crippen LogP contribution is 2.67. The van der Waals surface area contributed by atoms with E-state index in [1.165, 1.54) is 63.2 Å². The average Bonchev–Trinajstić information content (AvgIpc) is 3.04. The van der Waals surface area contributed by atoms with E-state index in [4.69, 9.17) is 4.18 Å². The van der Waals surface area contributed by atoms with Crippen LogP contribution < -0.4 is 0 Å². The summed E-state index contributed by atoms with van der Waals surface area (Å²) in [4.78, 5) is 0. The highest BCUT2D eigenvalue weighted by atomic mass is 32.2. The SMILES string of the molecule is CC(C)CCCC(C)[C@H]1CC[C@H]2[C@@H]3CC=C4C[C@@H](OS(C)(=O)=O)CC[C@]4(C)[C@H]3CC[C@]12C. The van der Waals surface area contributed by atoms with Gasteiger partial charge < -0.3 is 0 Å². The van der Waals surface area contributed by atoms with Gasteiger partial charge in [-0.05, 0) is 97.7 Å². The number of allylic oxidation sites excluding steroid dienone is 1. The summed E-state index contributed by atoms with van der Waals surface area (Å²) in [7, 11) is -3.38. The van der Waals surface area contributed by atoms with E-state index in [1.807, 2.05) is 0 Å². The van der Waals surface area contributed by atoms with Crippen LogP contribution in [0.5, 0.6) is 0 Å². The molecule has 4 aliphatic carbocycles. The van der Waals surface area contributed by atoms with Gasteiger partial charge in [0.05, 0.1) is 12.4 Å². The molecule has 0 aromatic carbocycles. The van der Waals surface area contributed by atoms with E-state index in [2.05, 4.69) is 40.7 Å². The zero-order valence-corrected chi connectivity index (χ0v) is 22.3. The summed E-state index contributed by atoms with van der Waals surface area (Å²) in [5, 5.41) is 0. The van der Waals surface area contributed by atoms with Crippen molar-refractivity contribution in [3.8, 4) is 0 Å². The molecule has 0 spiro atoms. The first-order valence-corrected chi connectivity index (χ1v) is 15.3. The van der Waals surface area contributed by atoms with Crippen molar-refractivity contribution in [3.63, 3.8) is 0 Å². The molecule has 4 aliphatic rings. The summed E-state index contributed by atoms with van der Waals surface area (Å²) < 4.78 is 28.8. The highest BCUT2D eigenvalue weighted by Gasteiger charge is 2.59. The van der Waals surface area contributed by atoms with Crippen molar-refractivity contribution >= 4 is 10.1 Å². The number of hydrogen-bond donors (Lipinski definition) is 0. The Morgan fingerprint density at radius 2 is 1.78 bits per heavy atom. The van der Waals surface area contributed by atoms with Crippen LogP contribution in [0.15, 0.2) is 11.6 Å². The summed E-state index contributed by atoms with van der Waals surface area (Å²) in [5.74, 6) is 5.05. The van der Waals surface area contributed by atoms with Gasteiger partial charge in [0.2, 0.25) is 0 Å². The van der Waals surface area contributed by atoms with Crippen molar-refractivity contribution in [1.82, 2.24) is 0 Å². The summed E-state index contributed by atoms with van der Waals surface area (Å²) in [5.41, 5.74) is 2.28. The van der Waals surface area contributed by atoms with Crippen LogP contribution in [0.2, 0.25) is 0 Å². The second-order valence-corrected chi connectivity index (χ2v) is 14.6. The molecule has 3 fully saturated rings. The Labute approximate surface area is 198 Å². The summed E-state index contributed by atoms with van der Waals surface area (Å²) in [6.45, 7) is 12.4.